The highest BCUT2D eigenvalue weighted by molar-refractivity contribution is 7.86. The van der Waals surface area contributed by atoms with E-state index >= 15 is 0 Å². The van der Waals surface area contributed by atoms with Crippen molar-refractivity contribution in [1.29, 1.82) is 0 Å². The first-order chi connectivity index (χ1) is 18.9. The monoisotopic (exact) mass is 577 g/mol. The highest BCUT2D eigenvalue weighted by atomic mass is 32.2. The van der Waals surface area contributed by atoms with Crippen molar-refractivity contribution in [2.24, 2.45) is 20.5 Å². The van der Waals surface area contributed by atoms with Gasteiger partial charge in [0.25, 0.3) is 20.2 Å². The molecule has 14 heteroatoms. The number of phenols is 1. The molecule has 0 heterocycles. The molecule has 0 bridgehead atoms. The summed E-state index contributed by atoms with van der Waals surface area (Å²) in [5.41, 5.74) is 5.83. The van der Waals surface area contributed by atoms with Gasteiger partial charge in [-0.2, -0.15) is 21.9 Å². The number of anilines is 1. The standard InChI is InChI=1S/C26H19N5O7S2/c27-24-20(30-28-18-11-9-15-5-1-2-6-16(15)13-18)12-10-17-14-22(40(36,37)38)25(26(32)23(17)24)31-29-19-7-3-4-8-21(19)39(33,34)35/h1-14,32H,27H2,(H,33,34,35)(H,36,37,38). The van der Waals surface area contributed by atoms with Crippen molar-refractivity contribution in [2.75, 3.05) is 5.73 Å². The molecule has 0 radical (unpaired) electrons. The van der Waals surface area contributed by atoms with Gasteiger partial charge in [0.15, 0.2) is 5.75 Å². The first-order valence-electron chi connectivity index (χ1n) is 11.4. The predicted octanol–water partition coefficient (Wildman–Crippen LogP) is 6.61. The first-order valence-corrected chi connectivity index (χ1v) is 14.3. The number of hydrogen-bond donors (Lipinski definition) is 4. The first kappa shape index (κ1) is 26.8. The molecule has 5 N–H and O–H groups in total. The third-order valence-electron chi connectivity index (χ3n) is 5.92. The molecule has 0 atom stereocenters. The third kappa shape index (κ3) is 5.23. The predicted molar refractivity (Wildman–Crippen MR) is 148 cm³/mol. The zero-order valence-corrected chi connectivity index (χ0v) is 21.9. The number of aromatic hydroxyl groups is 1. The van der Waals surface area contributed by atoms with E-state index in [1.807, 2.05) is 36.4 Å². The van der Waals surface area contributed by atoms with Crippen LogP contribution in [0.3, 0.4) is 0 Å². The van der Waals surface area contributed by atoms with Crippen LogP contribution in [-0.2, 0) is 20.2 Å². The third-order valence-corrected chi connectivity index (χ3v) is 7.69. The van der Waals surface area contributed by atoms with Gasteiger partial charge in [0.2, 0.25) is 0 Å². The van der Waals surface area contributed by atoms with Crippen molar-refractivity contribution in [3.8, 4) is 5.75 Å². The minimum Gasteiger partial charge on any atom is -0.505 e. The molecular formula is C26H19N5O7S2. The molecule has 5 aromatic rings. The second-order valence-electron chi connectivity index (χ2n) is 8.52. The van der Waals surface area contributed by atoms with Crippen LogP contribution >= 0.6 is 0 Å². The van der Waals surface area contributed by atoms with Gasteiger partial charge in [-0.15, -0.1) is 15.3 Å². The van der Waals surface area contributed by atoms with E-state index in [-0.39, 0.29) is 27.8 Å². The van der Waals surface area contributed by atoms with E-state index in [2.05, 4.69) is 20.5 Å². The Balaban J connectivity index is 1.64. The Morgan fingerprint density at radius 1 is 0.600 bits per heavy atom. The van der Waals surface area contributed by atoms with Crippen LogP contribution in [0.2, 0.25) is 0 Å². The maximum atomic E-state index is 12.1. The van der Waals surface area contributed by atoms with E-state index in [1.54, 1.807) is 6.07 Å². The Labute approximate surface area is 227 Å². The summed E-state index contributed by atoms with van der Waals surface area (Å²) in [6, 6.07) is 22.0. The Hall–Kier alpha value is -4.76. The van der Waals surface area contributed by atoms with E-state index in [0.29, 0.717) is 5.69 Å². The average molecular weight is 578 g/mol. The average Bonchev–Trinajstić information content (AvgIpc) is 2.91. The molecule has 0 saturated carbocycles. The number of fused-ring (bicyclic) bond motifs is 2. The molecule has 0 aliphatic rings. The van der Waals surface area contributed by atoms with Crippen molar-refractivity contribution >= 4 is 70.2 Å². The van der Waals surface area contributed by atoms with Gasteiger partial charge in [-0.05, 0) is 52.6 Å². The summed E-state index contributed by atoms with van der Waals surface area (Å²) in [5.74, 6) is -0.765. The Kier molecular flexibility index (Phi) is 6.77. The van der Waals surface area contributed by atoms with Gasteiger partial charge in [0, 0.05) is 0 Å². The maximum Gasteiger partial charge on any atom is 0.296 e. The fraction of sp³-hybridized carbons (Fsp3) is 0. The summed E-state index contributed by atoms with van der Waals surface area (Å²) in [5, 5.41) is 28.9. The number of nitrogen functional groups attached to an aromatic ring is 1. The molecule has 0 fully saturated rings. The van der Waals surface area contributed by atoms with E-state index < -0.39 is 41.5 Å². The number of rotatable bonds is 6. The van der Waals surface area contributed by atoms with Gasteiger partial charge in [0.1, 0.15) is 26.9 Å². The van der Waals surface area contributed by atoms with Crippen LogP contribution in [0.5, 0.6) is 5.75 Å². The number of nitrogens with zero attached hydrogens (tertiary/aromatic N) is 4. The number of phenolic OH excluding ortho intramolecular Hbond substituents is 1. The molecule has 0 amide bonds. The lowest BCUT2D eigenvalue weighted by molar-refractivity contribution is 0.472. The molecular weight excluding hydrogens is 558 g/mol. The van der Waals surface area contributed by atoms with E-state index in [1.165, 1.54) is 30.3 Å². The van der Waals surface area contributed by atoms with Gasteiger partial charge in [-0.1, -0.05) is 48.5 Å². The topological polar surface area (TPSA) is 204 Å². The number of hydrogen-bond acceptors (Lipinski definition) is 10. The molecule has 0 aliphatic heterocycles. The molecule has 0 aliphatic carbocycles. The summed E-state index contributed by atoms with van der Waals surface area (Å²) < 4.78 is 66.9. The lowest BCUT2D eigenvalue weighted by Crippen LogP contribution is -2.00. The van der Waals surface area contributed by atoms with Gasteiger partial charge in [-0.25, -0.2) is 0 Å². The second kappa shape index (κ2) is 10.1. The Bertz CT molecular complexity index is 2090. The van der Waals surface area contributed by atoms with Crippen LogP contribution in [0.15, 0.2) is 115 Å². The van der Waals surface area contributed by atoms with Crippen LogP contribution in [0.1, 0.15) is 0 Å². The van der Waals surface area contributed by atoms with Gasteiger partial charge in [0.05, 0.1) is 16.8 Å². The van der Waals surface area contributed by atoms with Crippen molar-refractivity contribution < 1.29 is 31.0 Å². The van der Waals surface area contributed by atoms with Crippen molar-refractivity contribution in [1.82, 2.24) is 0 Å². The maximum absolute atomic E-state index is 12.1. The van der Waals surface area contributed by atoms with Crippen molar-refractivity contribution in [2.45, 2.75) is 9.79 Å². The normalized spacial score (nSPS) is 12.7. The SMILES string of the molecule is Nc1c(N=Nc2ccc3ccccc3c2)ccc2cc(S(=O)(=O)O)c(N=Nc3ccccc3S(=O)(=O)O)c(O)c12. The van der Waals surface area contributed by atoms with E-state index in [4.69, 9.17) is 5.73 Å². The molecule has 0 unspecified atom stereocenters. The van der Waals surface area contributed by atoms with Crippen molar-refractivity contribution in [3.05, 3.63) is 84.9 Å². The van der Waals surface area contributed by atoms with Crippen LogP contribution in [0.4, 0.5) is 28.4 Å². The molecule has 0 aromatic heterocycles. The van der Waals surface area contributed by atoms with Crippen LogP contribution in [0, 0.1) is 0 Å². The number of benzene rings is 5. The summed E-state index contributed by atoms with van der Waals surface area (Å²) in [4.78, 5) is -1.42. The quantitative estimate of drug-likeness (QED) is 0.0979. The van der Waals surface area contributed by atoms with E-state index in [9.17, 15) is 31.0 Å². The van der Waals surface area contributed by atoms with Crippen LogP contribution in [0.25, 0.3) is 21.5 Å². The number of azo groups is 2. The van der Waals surface area contributed by atoms with Gasteiger partial charge in [-0.3, -0.25) is 9.11 Å². The van der Waals surface area contributed by atoms with Crippen LogP contribution < -0.4 is 5.73 Å². The molecule has 5 rings (SSSR count). The highest BCUT2D eigenvalue weighted by Crippen LogP contribution is 2.46. The lowest BCUT2D eigenvalue weighted by Gasteiger charge is -2.12. The molecule has 5 aromatic carbocycles. The number of nitrogens with two attached hydrogens (primary N) is 1. The summed E-state index contributed by atoms with van der Waals surface area (Å²) >= 11 is 0. The molecule has 40 heavy (non-hydrogen) atoms. The zero-order chi connectivity index (χ0) is 28.7. The Morgan fingerprint density at radius 2 is 1.23 bits per heavy atom. The molecule has 12 nitrogen and oxygen atoms in total. The van der Waals surface area contributed by atoms with Gasteiger partial charge >= 0.3 is 0 Å². The second-order valence-corrected chi connectivity index (χ2v) is 11.3. The fourth-order valence-electron chi connectivity index (χ4n) is 4.05. The van der Waals surface area contributed by atoms with Crippen LogP contribution in [-0.4, -0.2) is 31.0 Å². The summed E-state index contributed by atoms with van der Waals surface area (Å²) in [6.45, 7) is 0. The molecule has 202 valence electrons. The molecule has 0 spiro atoms. The smallest absolute Gasteiger partial charge is 0.296 e. The van der Waals surface area contributed by atoms with Crippen molar-refractivity contribution in [3.63, 3.8) is 0 Å². The highest BCUT2D eigenvalue weighted by Gasteiger charge is 2.24. The minimum atomic E-state index is -4.94. The summed E-state index contributed by atoms with van der Waals surface area (Å²) in [6.07, 6.45) is 0. The van der Waals surface area contributed by atoms with E-state index in [0.717, 1.165) is 22.9 Å². The largest absolute Gasteiger partial charge is 0.505 e. The molecule has 0 saturated heterocycles. The minimum absolute atomic E-state index is 0.0561. The van der Waals surface area contributed by atoms with Gasteiger partial charge < -0.3 is 10.8 Å². The zero-order valence-electron chi connectivity index (χ0n) is 20.2. The summed E-state index contributed by atoms with van der Waals surface area (Å²) in [7, 11) is -9.64. The fourth-order valence-corrected chi connectivity index (χ4v) is 5.33. The Morgan fingerprint density at radius 3 is 1.95 bits per heavy atom. The lowest BCUT2D eigenvalue weighted by atomic mass is 10.1.